The Morgan fingerprint density at radius 2 is 2.26 bits per heavy atom. The van der Waals surface area contributed by atoms with Gasteiger partial charge in [0.2, 0.25) is 0 Å². The van der Waals surface area contributed by atoms with Crippen molar-refractivity contribution in [3.05, 3.63) is 21.4 Å². The fraction of sp³-hybridized carbons (Fsp3) is 0.615. The average molecular weight is 285 g/mol. The van der Waals surface area contributed by atoms with Gasteiger partial charge in [0.25, 0.3) is 5.91 Å². The molecule has 1 aromatic rings. The van der Waals surface area contributed by atoms with Crippen molar-refractivity contribution in [2.24, 2.45) is 5.84 Å². The Hall–Kier alpha value is -0.950. The average Bonchev–Trinajstić information content (AvgIpc) is 2.74. The Kier molecular flexibility index (Phi) is 6.44. The summed E-state index contributed by atoms with van der Waals surface area (Å²) in [6.07, 6.45) is 0. The summed E-state index contributed by atoms with van der Waals surface area (Å²) in [5.41, 5.74) is 3.34. The van der Waals surface area contributed by atoms with Gasteiger partial charge in [-0.2, -0.15) is 0 Å². The Morgan fingerprint density at radius 1 is 1.58 bits per heavy atom. The number of carbonyl (C=O) groups excluding carboxylic acids is 1. The van der Waals surface area contributed by atoms with Crippen LogP contribution in [0.25, 0.3) is 0 Å². The van der Waals surface area contributed by atoms with Crippen molar-refractivity contribution in [3.63, 3.8) is 0 Å². The smallest absolute Gasteiger partial charge is 0.275 e. The molecule has 0 aromatic carbocycles. The molecule has 1 amide bonds. The van der Waals surface area contributed by atoms with E-state index in [1.54, 1.807) is 7.11 Å². The van der Waals surface area contributed by atoms with E-state index in [2.05, 4.69) is 24.2 Å². The molecule has 19 heavy (non-hydrogen) atoms. The first-order valence-electron chi connectivity index (χ1n) is 6.32. The first-order valence-corrected chi connectivity index (χ1v) is 7.14. The summed E-state index contributed by atoms with van der Waals surface area (Å²) in [4.78, 5) is 15.6. The second-order valence-electron chi connectivity index (χ2n) is 4.72. The molecule has 1 rings (SSSR count). The highest BCUT2D eigenvalue weighted by Crippen LogP contribution is 2.23. The lowest BCUT2D eigenvalue weighted by Gasteiger charge is -2.26. The minimum atomic E-state index is -0.229. The first kappa shape index (κ1) is 16.1. The number of methoxy groups -OCH3 is 1. The number of carbonyl (C=O) groups is 1. The highest BCUT2D eigenvalue weighted by molar-refractivity contribution is 7.14. The number of nitrogen functional groups attached to an aromatic ring is 1. The molecule has 0 atom stereocenters. The second kappa shape index (κ2) is 7.59. The number of nitrogens with two attached hydrogens (primary N) is 1. The molecule has 0 spiro atoms. The summed E-state index contributed by atoms with van der Waals surface area (Å²) in [5.74, 6) is 4.93. The molecule has 1 heterocycles. The van der Waals surface area contributed by atoms with Crippen LogP contribution in [0.3, 0.4) is 0 Å². The molecule has 0 saturated carbocycles. The molecule has 1 aromatic heterocycles. The van der Waals surface area contributed by atoms with Crippen LogP contribution in [0.5, 0.6) is 0 Å². The fourth-order valence-electron chi connectivity index (χ4n) is 1.81. The van der Waals surface area contributed by atoms with Gasteiger partial charge in [-0.15, -0.1) is 11.3 Å². The molecule has 3 N–H and O–H groups in total. The number of aryl methyl sites for hydroxylation is 1. The number of nitrogens with zero attached hydrogens (tertiary/aromatic N) is 1. The number of ether oxygens (including phenoxy) is 1. The van der Waals surface area contributed by atoms with Crippen LogP contribution in [0.4, 0.5) is 0 Å². The van der Waals surface area contributed by atoms with Crippen molar-refractivity contribution in [3.8, 4) is 0 Å². The third-order valence-corrected chi connectivity index (χ3v) is 4.15. The lowest BCUT2D eigenvalue weighted by Crippen LogP contribution is -2.33. The molecule has 0 aliphatic heterocycles. The Bertz CT molecular complexity index is 418. The largest absolute Gasteiger partial charge is 0.383 e. The molecule has 0 bridgehead atoms. The maximum absolute atomic E-state index is 11.5. The maximum atomic E-state index is 11.5. The zero-order valence-electron chi connectivity index (χ0n) is 12.0. The highest BCUT2D eigenvalue weighted by atomic mass is 32.1. The maximum Gasteiger partial charge on any atom is 0.275 e. The van der Waals surface area contributed by atoms with Gasteiger partial charge in [-0.1, -0.05) is 0 Å². The van der Waals surface area contributed by atoms with Crippen molar-refractivity contribution in [2.75, 3.05) is 20.3 Å². The van der Waals surface area contributed by atoms with Crippen molar-refractivity contribution in [2.45, 2.75) is 33.4 Å². The predicted octanol–water partition coefficient (Wildman–Crippen LogP) is 1.52. The lowest BCUT2D eigenvalue weighted by atomic mass is 10.2. The van der Waals surface area contributed by atoms with Crippen LogP contribution in [0, 0.1) is 6.92 Å². The summed E-state index contributed by atoms with van der Waals surface area (Å²) in [6, 6.07) is 2.35. The van der Waals surface area contributed by atoms with Gasteiger partial charge in [0.15, 0.2) is 0 Å². The summed E-state index contributed by atoms with van der Waals surface area (Å²) in [5, 5.41) is 0. The summed E-state index contributed by atoms with van der Waals surface area (Å²) in [6.45, 7) is 8.75. The van der Waals surface area contributed by atoms with Gasteiger partial charge in [-0.25, -0.2) is 5.84 Å². The Balaban J connectivity index is 2.78. The summed E-state index contributed by atoms with van der Waals surface area (Å²) >= 11 is 1.47. The van der Waals surface area contributed by atoms with Gasteiger partial charge in [-0.3, -0.25) is 15.1 Å². The number of amides is 1. The third kappa shape index (κ3) is 4.58. The molecule has 0 aliphatic carbocycles. The van der Waals surface area contributed by atoms with E-state index in [9.17, 15) is 4.79 Å². The van der Waals surface area contributed by atoms with E-state index in [1.165, 1.54) is 16.9 Å². The zero-order chi connectivity index (χ0) is 14.4. The molecule has 108 valence electrons. The molecule has 5 nitrogen and oxygen atoms in total. The van der Waals surface area contributed by atoms with E-state index in [0.717, 1.165) is 18.0 Å². The number of hydrazine groups is 1. The van der Waals surface area contributed by atoms with E-state index in [0.29, 0.717) is 17.5 Å². The van der Waals surface area contributed by atoms with Gasteiger partial charge >= 0.3 is 0 Å². The summed E-state index contributed by atoms with van der Waals surface area (Å²) < 4.78 is 5.13. The molecular formula is C13H23N3O2S. The van der Waals surface area contributed by atoms with E-state index in [1.807, 2.05) is 13.0 Å². The van der Waals surface area contributed by atoms with Crippen molar-refractivity contribution in [1.82, 2.24) is 10.3 Å². The number of nitrogens with one attached hydrogen (secondary N) is 1. The fourth-order valence-corrected chi connectivity index (χ4v) is 2.74. The van der Waals surface area contributed by atoms with E-state index in [4.69, 9.17) is 10.6 Å². The SMILES string of the molecule is COCCN(Cc1cc(C(=O)NN)sc1C)C(C)C. The van der Waals surface area contributed by atoms with Crippen LogP contribution < -0.4 is 11.3 Å². The predicted molar refractivity (Wildman–Crippen MR) is 78.1 cm³/mol. The molecule has 0 fully saturated rings. The number of rotatable bonds is 7. The zero-order valence-corrected chi connectivity index (χ0v) is 12.8. The van der Waals surface area contributed by atoms with Gasteiger partial charge < -0.3 is 4.74 Å². The standard InChI is InChI=1S/C13H23N3O2S/c1-9(2)16(5-6-18-4)8-11-7-12(13(17)15-14)19-10(11)3/h7,9H,5-6,8,14H2,1-4H3,(H,15,17). The molecule has 6 heteroatoms. The van der Waals surface area contributed by atoms with Crippen molar-refractivity contribution in [1.29, 1.82) is 0 Å². The lowest BCUT2D eigenvalue weighted by molar-refractivity contribution is 0.0957. The van der Waals surface area contributed by atoms with Crippen LogP contribution in [0.2, 0.25) is 0 Å². The quantitative estimate of drug-likeness (QED) is 0.453. The first-order chi connectivity index (χ1) is 8.99. The monoisotopic (exact) mass is 285 g/mol. The third-order valence-electron chi connectivity index (χ3n) is 3.06. The minimum absolute atomic E-state index is 0.229. The van der Waals surface area contributed by atoms with E-state index >= 15 is 0 Å². The highest BCUT2D eigenvalue weighted by Gasteiger charge is 2.15. The Labute approximate surface area is 118 Å². The summed E-state index contributed by atoms with van der Waals surface area (Å²) in [7, 11) is 1.71. The van der Waals surface area contributed by atoms with Gasteiger partial charge in [0, 0.05) is 31.1 Å². The topological polar surface area (TPSA) is 67.6 Å². The normalized spacial score (nSPS) is 11.3. The van der Waals surface area contributed by atoms with Crippen LogP contribution in [-0.2, 0) is 11.3 Å². The second-order valence-corrected chi connectivity index (χ2v) is 5.98. The Morgan fingerprint density at radius 3 is 2.79 bits per heavy atom. The number of thiophene rings is 1. The molecular weight excluding hydrogens is 262 g/mol. The van der Waals surface area contributed by atoms with Crippen molar-refractivity contribution >= 4 is 17.2 Å². The number of hydrogen-bond donors (Lipinski definition) is 2. The van der Waals surface area contributed by atoms with Crippen LogP contribution in [0.1, 0.15) is 34.0 Å². The van der Waals surface area contributed by atoms with Crippen LogP contribution in [0.15, 0.2) is 6.07 Å². The molecule has 0 aliphatic rings. The van der Waals surface area contributed by atoms with E-state index < -0.39 is 0 Å². The van der Waals surface area contributed by atoms with Gasteiger partial charge in [0.1, 0.15) is 0 Å². The van der Waals surface area contributed by atoms with Crippen LogP contribution >= 0.6 is 11.3 Å². The van der Waals surface area contributed by atoms with Gasteiger partial charge in [0.05, 0.1) is 11.5 Å². The van der Waals surface area contributed by atoms with Crippen molar-refractivity contribution < 1.29 is 9.53 Å². The number of hydrogen-bond acceptors (Lipinski definition) is 5. The van der Waals surface area contributed by atoms with E-state index in [-0.39, 0.29) is 5.91 Å². The molecule has 0 saturated heterocycles. The minimum Gasteiger partial charge on any atom is -0.383 e. The molecule has 0 radical (unpaired) electrons. The van der Waals surface area contributed by atoms with Crippen LogP contribution in [-0.4, -0.2) is 37.1 Å². The van der Waals surface area contributed by atoms with Gasteiger partial charge in [-0.05, 0) is 32.4 Å². The molecule has 0 unspecified atom stereocenters.